The number of ether oxygens (including phenoxy) is 1. The maximum absolute atomic E-state index is 11.4. The normalized spacial score (nSPS) is 10.3. The summed E-state index contributed by atoms with van der Waals surface area (Å²) in [6.45, 7) is 2.03. The van der Waals surface area contributed by atoms with Gasteiger partial charge in [-0.1, -0.05) is 23.9 Å². The Kier molecular flexibility index (Phi) is 4.41. The van der Waals surface area contributed by atoms with Gasteiger partial charge in [-0.2, -0.15) is 0 Å². The first-order valence-corrected chi connectivity index (χ1v) is 6.51. The van der Waals surface area contributed by atoms with E-state index in [9.17, 15) is 4.79 Å². The summed E-state index contributed by atoms with van der Waals surface area (Å²) in [6, 6.07) is 7.24. The molecule has 18 heavy (non-hydrogen) atoms. The van der Waals surface area contributed by atoms with Crippen LogP contribution in [0.2, 0.25) is 0 Å². The number of carbonyl (C=O) groups is 1. The number of rotatable bonds is 6. The number of Topliss-reactive ketones (excluding diaryl/α,β-unsaturated/α-hetero) is 1. The standard InChI is InChI=1S/C13H13NO3S/c1-10(15)11-4-2-3-5-12(11)16-8-9-18-13-14-6-7-17-13/h2-7H,8-9H2,1H3. The van der Waals surface area contributed by atoms with Gasteiger partial charge in [0.1, 0.15) is 12.0 Å². The first-order valence-electron chi connectivity index (χ1n) is 5.52. The van der Waals surface area contributed by atoms with Gasteiger partial charge in [0.2, 0.25) is 0 Å². The molecule has 1 heterocycles. The van der Waals surface area contributed by atoms with Gasteiger partial charge in [0, 0.05) is 5.75 Å². The maximum atomic E-state index is 11.4. The molecule has 0 N–H and O–H groups in total. The van der Waals surface area contributed by atoms with E-state index in [0.29, 0.717) is 28.9 Å². The Hall–Kier alpha value is -1.75. The van der Waals surface area contributed by atoms with E-state index in [1.54, 1.807) is 18.3 Å². The van der Waals surface area contributed by atoms with Crippen LogP contribution in [-0.4, -0.2) is 23.1 Å². The van der Waals surface area contributed by atoms with Crippen LogP contribution in [0.15, 0.2) is 46.4 Å². The number of hydrogen-bond acceptors (Lipinski definition) is 5. The van der Waals surface area contributed by atoms with Gasteiger partial charge in [0.25, 0.3) is 5.22 Å². The maximum Gasteiger partial charge on any atom is 0.255 e. The highest BCUT2D eigenvalue weighted by molar-refractivity contribution is 7.99. The summed E-state index contributed by atoms with van der Waals surface area (Å²) in [7, 11) is 0. The Morgan fingerprint density at radius 3 is 3.00 bits per heavy atom. The van der Waals surface area contributed by atoms with Crippen LogP contribution in [-0.2, 0) is 0 Å². The zero-order valence-corrected chi connectivity index (χ0v) is 10.8. The molecular weight excluding hydrogens is 250 g/mol. The third kappa shape index (κ3) is 3.37. The molecule has 0 saturated heterocycles. The van der Waals surface area contributed by atoms with Gasteiger partial charge in [-0.3, -0.25) is 4.79 Å². The average molecular weight is 263 g/mol. The van der Waals surface area contributed by atoms with E-state index in [-0.39, 0.29) is 5.78 Å². The molecule has 0 fully saturated rings. The molecule has 0 aliphatic rings. The van der Waals surface area contributed by atoms with Crippen molar-refractivity contribution in [3.63, 3.8) is 0 Å². The fraction of sp³-hybridized carbons (Fsp3) is 0.231. The molecular formula is C13H13NO3S. The van der Waals surface area contributed by atoms with E-state index < -0.39 is 0 Å². The Morgan fingerprint density at radius 1 is 1.44 bits per heavy atom. The zero-order valence-electron chi connectivity index (χ0n) is 9.96. The van der Waals surface area contributed by atoms with Crippen molar-refractivity contribution in [1.82, 2.24) is 4.98 Å². The summed E-state index contributed by atoms with van der Waals surface area (Å²) in [6.07, 6.45) is 3.14. The summed E-state index contributed by atoms with van der Waals surface area (Å²) in [5, 5.41) is 0.624. The van der Waals surface area contributed by atoms with Crippen LogP contribution in [0.4, 0.5) is 0 Å². The topological polar surface area (TPSA) is 52.3 Å². The Balaban J connectivity index is 1.85. The average Bonchev–Trinajstić information content (AvgIpc) is 2.88. The van der Waals surface area contributed by atoms with Crippen LogP contribution in [0.25, 0.3) is 0 Å². The van der Waals surface area contributed by atoms with Crippen molar-refractivity contribution in [2.75, 3.05) is 12.4 Å². The minimum Gasteiger partial charge on any atom is -0.492 e. The van der Waals surface area contributed by atoms with Crippen LogP contribution in [0.5, 0.6) is 5.75 Å². The quantitative estimate of drug-likeness (QED) is 0.455. The van der Waals surface area contributed by atoms with Gasteiger partial charge in [-0.15, -0.1) is 0 Å². The van der Waals surface area contributed by atoms with Gasteiger partial charge in [0.05, 0.1) is 18.4 Å². The Bertz CT molecular complexity index is 511. The molecule has 1 aromatic carbocycles. The molecule has 0 saturated carbocycles. The van der Waals surface area contributed by atoms with Crippen LogP contribution in [0, 0.1) is 0 Å². The summed E-state index contributed by atoms with van der Waals surface area (Å²) in [4.78, 5) is 15.4. The highest BCUT2D eigenvalue weighted by Gasteiger charge is 2.07. The van der Waals surface area contributed by atoms with Gasteiger partial charge >= 0.3 is 0 Å². The number of carbonyl (C=O) groups excluding carboxylic acids is 1. The first kappa shape index (κ1) is 12.7. The van der Waals surface area contributed by atoms with E-state index in [2.05, 4.69) is 4.98 Å². The van der Waals surface area contributed by atoms with E-state index in [4.69, 9.17) is 9.15 Å². The second-order valence-corrected chi connectivity index (χ2v) is 4.59. The lowest BCUT2D eigenvalue weighted by atomic mass is 10.1. The van der Waals surface area contributed by atoms with Crippen LogP contribution >= 0.6 is 11.8 Å². The van der Waals surface area contributed by atoms with E-state index in [1.807, 2.05) is 12.1 Å². The summed E-state index contributed by atoms with van der Waals surface area (Å²) in [5.41, 5.74) is 0.610. The minimum absolute atomic E-state index is 0.00551. The summed E-state index contributed by atoms with van der Waals surface area (Å²) < 4.78 is 10.7. The van der Waals surface area contributed by atoms with E-state index in [1.165, 1.54) is 24.9 Å². The van der Waals surface area contributed by atoms with Gasteiger partial charge in [0.15, 0.2) is 5.78 Å². The van der Waals surface area contributed by atoms with Crippen molar-refractivity contribution in [1.29, 1.82) is 0 Å². The van der Waals surface area contributed by atoms with Crippen molar-refractivity contribution in [3.05, 3.63) is 42.3 Å². The molecule has 0 unspecified atom stereocenters. The lowest BCUT2D eigenvalue weighted by Crippen LogP contribution is -2.04. The fourth-order valence-electron chi connectivity index (χ4n) is 1.45. The number of thioether (sulfide) groups is 1. The number of benzene rings is 1. The van der Waals surface area contributed by atoms with Gasteiger partial charge in [-0.25, -0.2) is 4.98 Å². The van der Waals surface area contributed by atoms with Crippen molar-refractivity contribution in [2.24, 2.45) is 0 Å². The molecule has 2 rings (SSSR count). The van der Waals surface area contributed by atoms with Crippen LogP contribution in [0.3, 0.4) is 0 Å². The second-order valence-electron chi connectivity index (χ2n) is 3.55. The fourth-order valence-corrected chi connectivity index (χ4v) is 2.05. The number of hydrogen-bond donors (Lipinski definition) is 0. The third-order valence-corrected chi connectivity index (χ3v) is 3.06. The van der Waals surface area contributed by atoms with Gasteiger partial charge < -0.3 is 9.15 Å². The molecule has 5 heteroatoms. The molecule has 0 atom stereocenters. The van der Waals surface area contributed by atoms with E-state index >= 15 is 0 Å². The molecule has 2 aromatic rings. The number of oxazole rings is 1. The van der Waals surface area contributed by atoms with Crippen molar-refractivity contribution >= 4 is 17.5 Å². The summed E-state index contributed by atoms with van der Waals surface area (Å²) >= 11 is 1.47. The van der Waals surface area contributed by atoms with Gasteiger partial charge in [-0.05, 0) is 19.1 Å². The number of ketones is 1. The lowest BCUT2D eigenvalue weighted by Gasteiger charge is -2.08. The highest BCUT2D eigenvalue weighted by atomic mass is 32.2. The minimum atomic E-state index is 0.00551. The predicted octanol–water partition coefficient (Wildman–Crippen LogP) is 3.05. The zero-order chi connectivity index (χ0) is 12.8. The van der Waals surface area contributed by atoms with Crippen molar-refractivity contribution < 1.29 is 13.9 Å². The predicted molar refractivity (Wildman–Crippen MR) is 69.2 cm³/mol. The van der Waals surface area contributed by atoms with Crippen molar-refractivity contribution in [2.45, 2.75) is 12.1 Å². The molecule has 0 amide bonds. The molecule has 0 aliphatic heterocycles. The van der Waals surface area contributed by atoms with Crippen molar-refractivity contribution in [3.8, 4) is 5.75 Å². The third-order valence-electron chi connectivity index (χ3n) is 2.24. The van der Waals surface area contributed by atoms with Crippen LogP contribution in [0.1, 0.15) is 17.3 Å². The molecule has 0 radical (unpaired) electrons. The largest absolute Gasteiger partial charge is 0.492 e. The molecule has 0 aliphatic carbocycles. The molecule has 1 aromatic heterocycles. The molecule has 94 valence electrons. The number of para-hydroxylation sites is 1. The first-order chi connectivity index (χ1) is 8.77. The molecule has 0 spiro atoms. The SMILES string of the molecule is CC(=O)c1ccccc1OCCSc1ncco1. The Labute approximate surface area is 109 Å². The lowest BCUT2D eigenvalue weighted by molar-refractivity contribution is 0.101. The summed E-state index contributed by atoms with van der Waals surface area (Å²) in [5.74, 6) is 1.34. The second kappa shape index (κ2) is 6.26. The highest BCUT2D eigenvalue weighted by Crippen LogP contribution is 2.20. The number of aromatic nitrogens is 1. The van der Waals surface area contributed by atoms with E-state index in [0.717, 1.165) is 0 Å². The number of nitrogens with zero attached hydrogens (tertiary/aromatic N) is 1. The Morgan fingerprint density at radius 2 is 2.28 bits per heavy atom. The monoisotopic (exact) mass is 263 g/mol. The molecule has 0 bridgehead atoms. The molecule has 4 nitrogen and oxygen atoms in total. The smallest absolute Gasteiger partial charge is 0.255 e. The van der Waals surface area contributed by atoms with Crippen LogP contribution < -0.4 is 4.74 Å².